The van der Waals surface area contributed by atoms with Gasteiger partial charge in [0.15, 0.2) is 0 Å². The molecule has 2 atom stereocenters. The first-order valence-electron chi connectivity index (χ1n) is 9.97. The first-order chi connectivity index (χ1) is 14.2. The van der Waals surface area contributed by atoms with E-state index in [0.29, 0.717) is 6.54 Å². The Labute approximate surface area is 174 Å². The largest absolute Gasteiger partial charge is 0.336 e. The molecule has 152 valence electrons. The zero-order valence-electron chi connectivity index (χ0n) is 16.5. The van der Waals surface area contributed by atoms with Crippen LogP contribution in [-0.2, 0) is 0 Å². The Kier molecular flexibility index (Phi) is 6.21. The van der Waals surface area contributed by atoms with Gasteiger partial charge in [-0.3, -0.25) is 4.90 Å². The molecule has 1 aliphatic heterocycles. The third-order valence-electron chi connectivity index (χ3n) is 5.33. The molecule has 3 heterocycles. The Morgan fingerprint density at radius 3 is 2.66 bits per heavy atom. The molecule has 1 aromatic carbocycles. The fraction of sp³-hybridized carbons (Fsp3) is 0.381. The standard InChI is InChI=1S/C21H26N6OS/c1-16(17-6-8-18(9-7-17)27-15-22-14-24-27)25-21(28)23-13-19(20-5-4-12-29-20)26-10-2-3-11-26/h4-9,12,14-16,19H,2-3,10-11,13H2,1H3,(H2,23,25,28). The van der Waals surface area contributed by atoms with Gasteiger partial charge in [-0.25, -0.2) is 14.5 Å². The second-order valence-corrected chi connectivity index (χ2v) is 8.26. The van der Waals surface area contributed by atoms with Crippen molar-refractivity contribution in [3.05, 3.63) is 64.9 Å². The lowest BCUT2D eigenvalue weighted by atomic mass is 10.1. The van der Waals surface area contributed by atoms with Gasteiger partial charge < -0.3 is 10.6 Å². The van der Waals surface area contributed by atoms with Crippen molar-refractivity contribution in [2.45, 2.75) is 31.8 Å². The number of hydrogen-bond donors (Lipinski definition) is 2. The molecule has 2 N–H and O–H groups in total. The fourth-order valence-corrected chi connectivity index (χ4v) is 4.58. The van der Waals surface area contributed by atoms with Crippen LogP contribution >= 0.6 is 11.3 Å². The minimum absolute atomic E-state index is 0.0910. The molecule has 7 nitrogen and oxygen atoms in total. The number of carbonyl (C=O) groups is 1. The molecule has 1 aliphatic rings. The Balaban J connectivity index is 1.32. The van der Waals surface area contributed by atoms with Gasteiger partial charge in [-0.05, 0) is 62.0 Å². The Hall–Kier alpha value is -2.71. The summed E-state index contributed by atoms with van der Waals surface area (Å²) in [6.45, 7) is 4.80. The van der Waals surface area contributed by atoms with E-state index in [1.165, 1.54) is 24.0 Å². The normalized spacial score (nSPS) is 16.4. The Morgan fingerprint density at radius 1 is 1.21 bits per heavy atom. The van der Waals surface area contributed by atoms with Crippen LogP contribution in [0.4, 0.5) is 4.79 Å². The van der Waals surface area contributed by atoms with Crippen LogP contribution in [0.5, 0.6) is 0 Å². The molecule has 0 aliphatic carbocycles. The number of aromatic nitrogens is 3. The number of nitrogens with one attached hydrogen (secondary N) is 2. The predicted molar refractivity (Wildman–Crippen MR) is 114 cm³/mol. The van der Waals surface area contributed by atoms with Crippen LogP contribution in [0.1, 0.15) is 42.3 Å². The SMILES string of the molecule is CC(NC(=O)NCC(c1cccs1)N1CCCC1)c1ccc(-n2cncn2)cc1. The van der Waals surface area contributed by atoms with Gasteiger partial charge in [-0.1, -0.05) is 18.2 Å². The van der Waals surface area contributed by atoms with Crippen molar-refractivity contribution in [1.82, 2.24) is 30.3 Å². The molecular formula is C21H26N6OS. The van der Waals surface area contributed by atoms with Gasteiger partial charge in [0, 0.05) is 11.4 Å². The van der Waals surface area contributed by atoms with E-state index in [1.54, 1.807) is 22.3 Å². The van der Waals surface area contributed by atoms with Crippen LogP contribution in [-0.4, -0.2) is 45.3 Å². The zero-order valence-corrected chi connectivity index (χ0v) is 17.3. The Morgan fingerprint density at radius 2 is 2.00 bits per heavy atom. The summed E-state index contributed by atoms with van der Waals surface area (Å²) in [6, 6.07) is 12.2. The summed E-state index contributed by atoms with van der Waals surface area (Å²) < 4.78 is 1.71. The van der Waals surface area contributed by atoms with Crippen LogP contribution in [0.25, 0.3) is 5.69 Å². The van der Waals surface area contributed by atoms with Gasteiger partial charge in [0.05, 0.1) is 17.8 Å². The van der Waals surface area contributed by atoms with Gasteiger partial charge in [0.1, 0.15) is 12.7 Å². The lowest BCUT2D eigenvalue weighted by molar-refractivity contribution is 0.220. The number of rotatable bonds is 7. The average molecular weight is 411 g/mol. The van der Waals surface area contributed by atoms with Gasteiger partial charge in [-0.15, -0.1) is 11.3 Å². The smallest absolute Gasteiger partial charge is 0.315 e. The third kappa shape index (κ3) is 4.83. The van der Waals surface area contributed by atoms with E-state index in [1.807, 2.05) is 31.2 Å². The minimum atomic E-state index is -0.140. The fourth-order valence-electron chi connectivity index (χ4n) is 3.72. The molecule has 29 heavy (non-hydrogen) atoms. The summed E-state index contributed by atoms with van der Waals surface area (Å²) in [6.07, 6.45) is 5.63. The van der Waals surface area contributed by atoms with Gasteiger partial charge in [-0.2, -0.15) is 5.10 Å². The highest BCUT2D eigenvalue weighted by Gasteiger charge is 2.24. The van der Waals surface area contributed by atoms with E-state index in [4.69, 9.17) is 0 Å². The molecular weight excluding hydrogens is 384 g/mol. The molecule has 1 fully saturated rings. The number of carbonyl (C=O) groups excluding carboxylic acids is 1. The van der Waals surface area contributed by atoms with Crippen molar-refractivity contribution < 1.29 is 4.79 Å². The molecule has 0 radical (unpaired) electrons. The number of nitrogens with zero attached hydrogens (tertiary/aromatic N) is 4. The summed E-state index contributed by atoms with van der Waals surface area (Å²) in [5.74, 6) is 0. The maximum Gasteiger partial charge on any atom is 0.315 e. The minimum Gasteiger partial charge on any atom is -0.336 e. The van der Waals surface area contributed by atoms with Crippen molar-refractivity contribution in [3.63, 3.8) is 0 Å². The third-order valence-corrected chi connectivity index (χ3v) is 6.31. The number of amides is 2. The molecule has 2 amide bonds. The molecule has 1 saturated heterocycles. The predicted octanol–water partition coefficient (Wildman–Crippen LogP) is 3.53. The van der Waals surface area contributed by atoms with E-state index in [-0.39, 0.29) is 18.1 Å². The Bertz CT molecular complexity index is 888. The molecule has 2 unspecified atom stereocenters. The average Bonchev–Trinajstić information content (AvgIpc) is 3.51. The highest BCUT2D eigenvalue weighted by atomic mass is 32.1. The molecule has 4 rings (SSSR count). The van der Waals surface area contributed by atoms with Crippen molar-refractivity contribution in [2.24, 2.45) is 0 Å². The van der Waals surface area contributed by atoms with Crippen LogP contribution in [0.15, 0.2) is 54.4 Å². The van der Waals surface area contributed by atoms with E-state index in [9.17, 15) is 4.79 Å². The molecule has 2 aromatic heterocycles. The quantitative estimate of drug-likeness (QED) is 0.625. The summed E-state index contributed by atoms with van der Waals surface area (Å²) in [5, 5.41) is 12.3. The number of urea groups is 1. The van der Waals surface area contributed by atoms with Crippen LogP contribution in [0.2, 0.25) is 0 Å². The summed E-state index contributed by atoms with van der Waals surface area (Å²) in [7, 11) is 0. The van der Waals surface area contributed by atoms with Crippen molar-refractivity contribution in [3.8, 4) is 5.69 Å². The highest BCUT2D eigenvalue weighted by molar-refractivity contribution is 7.10. The second-order valence-electron chi connectivity index (χ2n) is 7.28. The van der Waals surface area contributed by atoms with Gasteiger partial charge in [0.2, 0.25) is 0 Å². The number of likely N-dealkylation sites (tertiary alicyclic amines) is 1. The molecule has 0 saturated carbocycles. The van der Waals surface area contributed by atoms with E-state index in [2.05, 4.69) is 43.1 Å². The van der Waals surface area contributed by atoms with Crippen molar-refractivity contribution in [1.29, 1.82) is 0 Å². The second kappa shape index (κ2) is 9.19. The lowest BCUT2D eigenvalue weighted by Gasteiger charge is -2.27. The van der Waals surface area contributed by atoms with Gasteiger partial charge in [0.25, 0.3) is 0 Å². The van der Waals surface area contributed by atoms with Crippen molar-refractivity contribution in [2.75, 3.05) is 19.6 Å². The number of benzene rings is 1. The molecule has 0 bridgehead atoms. The van der Waals surface area contributed by atoms with E-state index < -0.39 is 0 Å². The molecule has 8 heteroatoms. The maximum absolute atomic E-state index is 12.5. The maximum atomic E-state index is 12.5. The van der Waals surface area contributed by atoms with Crippen LogP contribution in [0.3, 0.4) is 0 Å². The van der Waals surface area contributed by atoms with E-state index in [0.717, 1.165) is 24.3 Å². The molecule has 3 aromatic rings. The lowest BCUT2D eigenvalue weighted by Crippen LogP contribution is -2.42. The monoisotopic (exact) mass is 410 g/mol. The zero-order chi connectivity index (χ0) is 20.1. The number of hydrogen-bond acceptors (Lipinski definition) is 5. The highest BCUT2D eigenvalue weighted by Crippen LogP contribution is 2.27. The first kappa shape index (κ1) is 19.6. The topological polar surface area (TPSA) is 75.1 Å². The first-order valence-corrected chi connectivity index (χ1v) is 10.9. The van der Waals surface area contributed by atoms with Crippen LogP contribution in [0, 0.1) is 0 Å². The van der Waals surface area contributed by atoms with Crippen molar-refractivity contribution >= 4 is 17.4 Å². The summed E-state index contributed by atoms with van der Waals surface area (Å²) >= 11 is 1.76. The molecule has 0 spiro atoms. The summed E-state index contributed by atoms with van der Waals surface area (Å²) in [5.41, 5.74) is 1.98. The van der Waals surface area contributed by atoms with E-state index >= 15 is 0 Å². The van der Waals surface area contributed by atoms with Gasteiger partial charge >= 0.3 is 6.03 Å². The summed E-state index contributed by atoms with van der Waals surface area (Å²) in [4.78, 5) is 20.3. The number of thiophene rings is 1. The van der Waals surface area contributed by atoms with Crippen LogP contribution < -0.4 is 10.6 Å².